The molecule has 2 spiro atoms. The molecule has 9 aliphatic rings. The van der Waals surface area contributed by atoms with Crippen molar-refractivity contribution in [3.8, 4) is 0 Å². The number of anilines is 2. The number of carbonyl (C=O) groups excluding carboxylic acids is 8. The predicted molar refractivity (Wildman–Crippen MR) is 415 cm³/mol. The summed E-state index contributed by atoms with van der Waals surface area (Å²) in [5, 5.41) is 26.1. The number of aliphatic carboxylic acids is 2. The highest BCUT2D eigenvalue weighted by molar-refractivity contribution is 8.13. The Morgan fingerprint density at radius 2 is 0.700 bits per heavy atom. The lowest BCUT2D eigenvalue weighted by Gasteiger charge is -2.47. The van der Waals surface area contributed by atoms with E-state index in [9.17, 15) is 116 Å². The first-order valence-electron chi connectivity index (χ1n) is 33.4. The summed E-state index contributed by atoms with van der Waals surface area (Å²) in [6.45, 7) is 4.05. The molecule has 0 aromatic heterocycles. The van der Waals surface area contributed by atoms with Crippen LogP contribution >= 0.6 is 34.5 Å². The van der Waals surface area contributed by atoms with Crippen LogP contribution in [-0.4, -0.2) is 265 Å². The number of carbonyl (C=O) groups is 10. The van der Waals surface area contributed by atoms with E-state index in [0.29, 0.717) is 52.3 Å². The second-order valence-corrected chi connectivity index (χ2v) is 37.4. The number of nitrogens with zero attached hydrogens (tertiary/aromatic N) is 6. The molecule has 0 bridgehead atoms. The van der Waals surface area contributed by atoms with Crippen molar-refractivity contribution in [3.05, 3.63) is 169 Å². The minimum absolute atomic E-state index is 0. The zero-order valence-corrected chi connectivity index (χ0v) is 68.3. The van der Waals surface area contributed by atoms with Crippen LogP contribution in [0.5, 0.6) is 0 Å². The Labute approximate surface area is 697 Å². The normalized spacial score (nSPS) is 17.4. The zero-order chi connectivity index (χ0) is 88.4. The number of nitrogens with two attached hydrogens (primary N) is 1. The summed E-state index contributed by atoms with van der Waals surface area (Å²) in [7, 11) is -18.0. The number of thiocarbonyl (C=S) groups is 1. The summed E-state index contributed by atoms with van der Waals surface area (Å²) < 4.78 is 214. The number of amides is 10. The molecule has 0 radical (unpaired) electrons. The lowest BCUT2D eigenvalue weighted by molar-refractivity contribution is -0.186. The molecule has 0 unspecified atom stereocenters. The van der Waals surface area contributed by atoms with Gasteiger partial charge >= 0.3 is 30.0 Å². The molecule has 0 atom stereocenters. The van der Waals surface area contributed by atoms with Crippen LogP contribution < -0.4 is 42.1 Å². The largest absolute Gasteiger partial charge is 0.480 e. The van der Waals surface area contributed by atoms with Crippen molar-refractivity contribution in [2.45, 2.75) is 48.4 Å². The first-order valence-corrected chi connectivity index (χ1v) is 44.3. The van der Waals surface area contributed by atoms with Crippen molar-refractivity contribution in [3.63, 3.8) is 0 Å². The second-order valence-electron chi connectivity index (χ2n) is 24.7. The number of ketones is 1. The number of hydrogen-bond donors (Lipinski definition) is 8. The van der Waals surface area contributed by atoms with E-state index >= 15 is 0 Å². The molecular formula is C67H72Cl2F4N12O28S7. The number of sulfone groups is 1. The molecule has 40 nitrogen and oxygen atoms in total. The van der Waals surface area contributed by atoms with Crippen molar-refractivity contribution < 1.29 is 145 Å². The predicted octanol–water partition coefficient (Wildman–Crippen LogP) is 1.39. The molecule has 9 heterocycles. The Morgan fingerprint density at radius 1 is 0.433 bits per heavy atom. The third-order valence-electron chi connectivity index (χ3n) is 16.1. The Kier molecular flexibility index (Phi) is 34.1. The highest BCUT2D eigenvalue weighted by atomic mass is 35.7. The van der Waals surface area contributed by atoms with E-state index in [2.05, 4.69) is 16.4 Å². The molecule has 6 aromatic rings. The van der Waals surface area contributed by atoms with Crippen molar-refractivity contribution in [1.29, 1.82) is 0 Å². The molecule has 6 aromatic carbocycles. The van der Waals surface area contributed by atoms with E-state index in [0.717, 1.165) is 133 Å². The first-order chi connectivity index (χ1) is 55.5. The minimum atomic E-state index is -4.10. The van der Waals surface area contributed by atoms with E-state index < -0.39 is 161 Å². The summed E-state index contributed by atoms with van der Waals surface area (Å²) in [4.78, 5) is 111. The summed E-state index contributed by atoms with van der Waals surface area (Å²) in [5.74, 6) is -7.38. The molecule has 9 saturated heterocycles. The van der Waals surface area contributed by atoms with Gasteiger partial charge in [-0.2, -0.15) is 0 Å². The average molecular weight is 1860 g/mol. The van der Waals surface area contributed by atoms with E-state index in [1.807, 2.05) is 20.9 Å². The number of carboxylic acid groups (broad SMARTS) is 2. The van der Waals surface area contributed by atoms with E-state index in [-0.39, 0.29) is 72.5 Å². The fourth-order valence-electron chi connectivity index (χ4n) is 10.1. The number of alkyl halides is 1. The molecule has 0 aliphatic carbocycles. The van der Waals surface area contributed by atoms with E-state index in [1.165, 1.54) is 36.4 Å². The van der Waals surface area contributed by atoms with E-state index in [1.54, 1.807) is 29.2 Å². The Morgan fingerprint density at radius 3 is 0.933 bits per heavy atom. The maximum Gasteiger partial charge on any atom is 0.338 e. The monoisotopic (exact) mass is 1860 g/mol. The Balaban J connectivity index is 0.000000217. The molecule has 652 valence electrons. The van der Waals surface area contributed by atoms with Crippen LogP contribution in [0.15, 0.2) is 175 Å². The molecule has 9 N–H and O–H groups in total. The quantitative estimate of drug-likeness (QED) is 0.0191. The summed E-state index contributed by atoms with van der Waals surface area (Å²) in [5.41, 5.74) is 6.14. The third-order valence-corrected chi connectivity index (χ3v) is 26.2. The van der Waals surface area contributed by atoms with Gasteiger partial charge in [-0.15, -0.1) is 11.6 Å². The average Bonchev–Trinajstić information content (AvgIpc) is 1.43. The number of imide groups is 3. The number of urea groups is 3. The molecule has 15 rings (SSSR count). The number of carboxylic acids is 2. The number of nitrogens with one attached hydrogen (secondary N) is 5. The highest BCUT2D eigenvalue weighted by Gasteiger charge is 2.49. The van der Waals surface area contributed by atoms with Gasteiger partial charge in [-0.25, -0.2) is 99.7 Å². The van der Waals surface area contributed by atoms with Gasteiger partial charge < -0.3 is 55.3 Å². The summed E-state index contributed by atoms with van der Waals surface area (Å²) >= 11 is 9.47. The van der Waals surface area contributed by atoms with Crippen LogP contribution in [0.1, 0.15) is 7.43 Å². The molecule has 9 fully saturated rings. The Hall–Kier alpha value is -10.5. The summed E-state index contributed by atoms with van der Waals surface area (Å²) in [6.07, 6.45) is 1.08. The SMILES string of the molecule is C.C1COC2(CNC2)O1.CS(=O)(=O)c1ccc(F)cc1.NCC(=O)O.O=C(O)CCl.O=C1CN(S(=O)(=O)c2ccc(F)cc2)C(=O)N1.O=C1CN(S(=O)(=O)c2ccc(F)cc2)C(=S)N1.O=C1CN(S(=O)(=O)c2ccc(N3CC4(C3)OCCO4)cc2)C(=O)N1.O=C1CN(c2ccc(S(=O)(=O)N3CC(=O)NC3=O)cc2)C1.O=S(=O)(Cl)c1ccc(F)cc1. The van der Waals surface area contributed by atoms with Gasteiger partial charge in [-0.1, -0.05) is 7.43 Å². The zero-order valence-electron chi connectivity index (χ0n) is 61.1. The number of Topliss-reactive ketones (excluding diaryl/α,β-unsaturated/α-hetero) is 1. The van der Waals surface area contributed by atoms with Gasteiger partial charge in [-0.05, 0) is 158 Å². The van der Waals surface area contributed by atoms with Crippen LogP contribution in [-0.2, 0) is 111 Å². The molecule has 9 aliphatic heterocycles. The smallest absolute Gasteiger partial charge is 0.338 e. The second kappa shape index (κ2) is 41.6. The lowest BCUT2D eigenvalue weighted by Crippen LogP contribution is -2.62. The third kappa shape index (κ3) is 26.7. The number of sulfonamides is 4. The number of hydrogen-bond acceptors (Lipinski definition) is 31. The van der Waals surface area contributed by atoms with Crippen molar-refractivity contribution in [2.75, 3.05) is 120 Å². The number of ether oxygens (including phenoxy) is 4. The van der Waals surface area contributed by atoms with Gasteiger partial charge in [0.2, 0.25) is 29.4 Å². The van der Waals surface area contributed by atoms with Crippen molar-refractivity contribution in [2.24, 2.45) is 5.73 Å². The molecule has 10 amide bonds. The van der Waals surface area contributed by atoms with Crippen LogP contribution in [0.25, 0.3) is 0 Å². The van der Waals surface area contributed by atoms with Gasteiger partial charge in [-0.3, -0.25) is 49.5 Å². The molecule has 120 heavy (non-hydrogen) atoms. The van der Waals surface area contributed by atoms with Crippen LogP contribution in [0, 0.1) is 23.3 Å². The summed E-state index contributed by atoms with van der Waals surface area (Å²) in [6, 6.07) is 26.4. The van der Waals surface area contributed by atoms with Crippen LogP contribution in [0.3, 0.4) is 0 Å². The van der Waals surface area contributed by atoms with Crippen molar-refractivity contribution >= 4 is 169 Å². The van der Waals surface area contributed by atoms with Crippen molar-refractivity contribution in [1.82, 2.24) is 43.8 Å². The van der Waals surface area contributed by atoms with Gasteiger partial charge in [0.15, 0.2) is 26.5 Å². The van der Waals surface area contributed by atoms with E-state index in [4.69, 9.17) is 63.7 Å². The molecular weight excluding hydrogens is 1790 g/mol. The maximum absolute atomic E-state index is 12.7. The Bertz CT molecular complexity index is 5330. The minimum Gasteiger partial charge on any atom is -0.480 e. The lowest BCUT2D eigenvalue weighted by atomic mass is 10.1. The first kappa shape index (κ1) is 98.3. The van der Waals surface area contributed by atoms with Crippen LogP contribution in [0.4, 0.5) is 43.3 Å². The highest BCUT2D eigenvalue weighted by Crippen LogP contribution is 2.35. The van der Waals surface area contributed by atoms with Gasteiger partial charge in [0, 0.05) is 28.3 Å². The molecule has 0 saturated carbocycles. The van der Waals surface area contributed by atoms with Gasteiger partial charge in [0.25, 0.3) is 49.1 Å². The maximum atomic E-state index is 12.7. The number of rotatable bonds is 14. The topological polar surface area (TPSA) is 559 Å². The standard InChI is InChI=1S/C14H15N3O6S.C12H11N3O5S.C9H7FN2O4S.C9H7FN2O3S2.C7H7FO2S.C6H4ClFO2S.C5H9NO2.C2H3ClO2.C2H5NO2.CH4/c18-12-7-17(13(19)15-12)24(20,21)11-3-1-10(2-4-11)16-8-14(9-16)22-5-6-23-14;16-9-5-14(6-9)8-1-3-10(4-2-8)21(19,20)15-7-11(17)13-12(15)18;10-6-1-3-7(4-2-6)17(15,16)12-5-8(13)11-9(12)14;10-6-1-3-7(4-2-6)17(14,15)12-5-8(13)11-9(12)16;1-11(9,10)7-4-2-6(8)3-5-7;7-11(9,10)6-3-1-5(8)2-4-6;1-2-8-5(7-1)3-6-4-5;2*3-1-2(4)5;/h1-4H,5-9H2,(H,15,18,19);1-4H,5-7H2,(H,13,17,18);1-4H,5H2,(H,11,13,14);1-4H,5H2,(H,11,13,16);2-5H,1H3;1-4H;6H,1-4H2;1H2,(H,4,5);1,3H2,(H,4,5);1H4. The number of benzene rings is 6. The fourth-order valence-corrected chi connectivity index (χ4v) is 17.1. The number of halogens is 6. The van der Waals surface area contributed by atoms with Crippen LogP contribution in [0.2, 0.25) is 0 Å². The van der Waals surface area contributed by atoms with Gasteiger partial charge in [0.1, 0.15) is 55.3 Å². The fraction of sp³-hybridized carbons (Fsp3) is 0.299. The molecule has 53 heteroatoms. The van der Waals surface area contributed by atoms with Gasteiger partial charge in [0.05, 0.1) is 102 Å².